The number of hydrogen-bond donors (Lipinski definition) is 4. The Hall–Kier alpha value is -1.40. The van der Waals surface area contributed by atoms with Crippen LogP contribution in [-0.2, 0) is 4.74 Å². The number of nitrogens with one attached hydrogen (secondary N) is 1. The number of allylic oxidation sites excluding steroid dienone is 3. The molecule has 128 valence electrons. The van der Waals surface area contributed by atoms with Crippen molar-refractivity contribution >= 4 is 0 Å². The summed E-state index contributed by atoms with van der Waals surface area (Å²) in [6, 6.07) is 0.169. The SMILES string of the molecule is C=C(NCCOC1C=CC(N)CC1)C1C=CC=C(C(O)CO)C1. The maximum absolute atomic E-state index is 9.72. The fourth-order valence-electron chi connectivity index (χ4n) is 2.81. The zero-order valence-electron chi connectivity index (χ0n) is 13.5. The summed E-state index contributed by atoms with van der Waals surface area (Å²) in [5, 5.41) is 22.1. The molecule has 5 N–H and O–H groups in total. The lowest BCUT2D eigenvalue weighted by molar-refractivity contribution is 0.0768. The number of hydrogen-bond acceptors (Lipinski definition) is 5. The van der Waals surface area contributed by atoms with Crippen molar-refractivity contribution in [2.75, 3.05) is 19.8 Å². The molecule has 0 bridgehead atoms. The molecule has 0 aliphatic heterocycles. The van der Waals surface area contributed by atoms with E-state index in [0.717, 1.165) is 24.1 Å². The molecule has 2 aliphatic rings. The van der Waals surface area contributed by atoms with Crippen molar-refractivity contribution in [3.63, 3.8) is 0 Å². The molecule has 0 saturated heterocycles. The van der Waals surface area contributed by atoms with Crippen molar-refractivity contribution in [1.29, 1.82) is 0 Å². The van der Waals surface area contributed by atoms with Gasteiger partial charge in [-0.1, -0.05) is 37.0 Å². The van der Waals surface area contributed by atoms with Gasteiger partial charge in [0.05, 0.1) is 25.4 Å². The lowest BCUT2D eigenvalue weighted by Crippen LogP contribution is -2.29. The van der Waals surface area contributed by atoms with Crippen LogP contribution in [-0.4, -0.2) is 48.2 Å². The van der Waals surface area contributed by atoms with Gasteiger partial charge in [-0.3, -0.25) is 0 Å². The lowest BCUT2D eigenvalue weighted by Gasteiger charge is -2.24. The number of rotatable bonds is 8. The molecule has 4 unspecified atom stereocenters. The van der Waals surface area contributed by atoms with Crippen molar-refractivity contribution < 1.29 is 14.9 Å². The van der Waals surface area contributed by atoms with Gasteiger partial charge in [0, 0.05) is 24.2 Å². The molecule has 0 fully saturated rings. The summed E-state index contributed by atoms with van der Waals surface area (Å²) in [6.45, 7) is 5.13. The molecule has 5 heteroatoms. The molecule has 0 amide bonds. The predicted octanol–water partition coefficient (Wildman–Crippen LogP) is 1.01. The average molecular weight is 320 g/mol. The average Bonchev–Trinajstić information content (AvgIpc) is 2.59. The zero-order chi connectivity index (χ0) is 16.7. The molecule has 0 radical (unpaired) electrons. The smallest absolute Gasteiger partial charge is 0.0984 e. The fraction of sp³-hybridized carbons (Fsp3) is 0.556. The van der Waals surface area contributed by atoms with Crippen molar-refractivity contribution in [3.05, 3.63) is 48.2 Å². The second-order valence-corrected chi connectivity index (χ2v) is 6.12. The lowest BCUT2D eigenvalue weighted by atomic mass is 9.89. The summed E-state index contributed by atoms with van der Waals surface area (Å²) < 4.78 is 5.80. The van der Waals surface area contributed by atoms with Crippen LogP contribution in [0.5, 0.6) is 0 Å². The standard InChI is InChI=1S/C18H28N2O3/c1-13(14-3-2-4-15(11-14)18(22)12-21)20-9-10-23-17-7-5-16(19)6-8-17/h2-5,7,14,16-18,20-22H,1,6,8-12,19H2. The van der Waals surface area contributed by atoms with Crippen LogP contribution in [0.4, 0.5) is 0 Å². The molecule has 2 rings (SSSR count). The minimum Gasteiger partial charge on any atom is -0.393 e. The maximum Gasteiger partial charge on any atom is 0.0984 e. The molecule has 0 spiro atoms. The highest BCUT2D eigenvalue weighted by Gasteiger charge is 2.19. The van der Waals surface area contributed by atoms with Crippen LogP contribution < -0.4 is 11.1 Å². The Morgan fingerprint density at radius 1 is 1.39 bits per heavy atom. The van der Waals surface area contributed by atoms with Gasteiger partial charge in [0.1, 0.15) is 0 Å². The Bertz CT molecular complexity index is 485. The Morgan fingerprint density at radius 3 is 2.91 bits per heavy atom. The van der Waals surface area contributed by atoms with Gasteiger partial charge in [0.15, 0.2) is 0 Å². The van der Waals surface area contributed by atoms with Crippen molar-refractivity contribution in [1.82, 2.24) is 5.32 Å². The molecule has 23 heavy (non-hydrogen) atoms. The summed E-state index contributed by atoms with van der Waals surface area (Å²) >= 11 is 0. The van der Waals surface area contributed by atoms with Gasteiger partial charge >= 0.3 is 0 Å². The van der Waals surface area contributed by atoms with Crippen LogP contribution in [0, 0.1) is 5.92 Å². The first kappa shape index (κ1) is 17.9. The van der Waals surface area contributed by atoms with Crippen LogP contribution in [0.3, 0.4) is 0 Å². The summed E-state index contributed by atoms with van der Waals surface area (Å²) in [5.74, 6) is 0.128. The number of ether oxygens (including phenoxy) is 1. The number of aliphatic hydroxyl groups is 2. The molecule has 4 atom stereocenters. The van der Waals surface area contributed by atoms with E-state index >= 15 is 0 Å². The van der Waals surface area contributed by atoms with Crippen LogP contribution >= 0.6 is 0 Å². The first-order chi connectivity index (χ1) is 11.1. The van der Waals surface area contributed by atoms with E-state index < -0.39 is 6.10 Å². The Labute approximate surface area is 138 Å². The van der Waals surface area contributed by atoms with Gasteiger partial charge in [0.2, 0.25) is 0 Å². The van der Waals surface area contributed by atoms with Crippen molar-refractivity contribution in [2.24, 2.45) is 11.7 Å². The van der Waals surface area contributed by atoms with Crippen LogP contribution in [0.1, 0.15) is 19.3 Å². The highest BCUT2D eigenvalue weighted by molar-refractivity contribution is 5.27. The molecular weight excluding hydrogens is 292 g/mol. The molecule has 2 aliphatic carbocycles. The Kier molecular flexibility index (Phi) is 7.05. The van der Waals surface area contributed by atoms with E-state index in [4.69, 9.17) is 15.6 Å². The minimum absolute atomic E-state index is 0.128. The topological polar surface area (TPSA) is 87.7 Å². The summed E-state index contributed by atoms with van der Waals surface area (Å²) in [7, 11) is 0. The second-order valence-electron chi connectivity index (χ2n) is 6.12. The molecule has 0 saturated carbocycles. The summed E-state index contributed by atoms with van der Waals surface area (Å²) in [4.78, 5) is 0. The van der Waals surface area contributed by atoms with E-state index in [1.165, 1.54) is 0 Å². The maximum atomic E-state index is 9.72. The quantitative estimate of drug-likeness (QED) is 0.396. The Morgan fingerprint density at radius 2 is 2.22 bits per heavy atom. The van der Waals surface area contributed by atoms with Gasteiger partial charge in [-0.05, 0) is 24.8 Å². The van der Waals surface area contributed by atoms with Gasteiger partial charge in [-0.2, -0.15) is 0 Å². The van der Waals surface area contributed by atoms with Gasteiger partial charge in [0.25, 0.3) is 0 Å². The third kappa shape index (κ3) is 5.62. The third-order valence-electron chi connectivity index (χ3n) is 4.30. The normalized spacial score (nSPS) is 28.3. The summed E-state index contributed by atoms with van der Waals surface area (Å²) in [5.41, 5.74) is 7.55. The van der Waals surface area contributed by atoms with Crippen LogP contribution in [0.25, 0.3) is 0 Å². The first-order valence-corrected chi connectivity index (χ1v) is 8.24. The van der Waals surface area contributed by atoms with Crippen molar-refractivity contribution in [3.8, 4) is 0 Å². The summed E-state index contributed by atoms with van der Waals surface area (Å²) in [6.07, 6.45) is 11.8. The van der Waals surface area contributed by atoms with Gasteiger partial charge < -0.3 is 26.0 Å². The monoisotopic (exact) mass is 320 g/mol. The molecule has 5 nitrogen and oxygen atoms in total. The van der Waals surface area contributed by atoms with Crippen LogP contribution in [0.2, 0.25) is 0 Å². The van der Waals surface area contributed by atoms with Gasteiger partial charge in [-0.15, -0.1) is 0 Å². The van der Waals surface area contributed by atoms with Crippen LogP contribution in [0.15, 0.2) is 48.2 Å². The van der Waals surface area contributed by atoms with E-state index in [9.17, 15) is 5.11 Å². The molecule has 0 aromatic rings. The van der Waals surface area contributed by atoms with E-state index in [1.807, 2.05) is 24.3 Å². The number of nitrogens with two attached hydrogens (primary N) is 1. The molecule has 0 heterocycles. The Balaban J connectivity index is 1.66. The van der Waals surface area contributed by atoms with E-state index in [2.05, 4.69) is 18.0 Å². The number of aliphatic hydroxyl groups excluding tert-OH is 2. The zero-order valence-corrected chi connectivity index (χ0v) is 13.5. The highest BCUT2D eigenvalue weighted by atomic mass is 16.5. The highest BCUT2D eigenvalue weighted by Crippen LogP contribution is 2.25. The molecule has 0 aromatic heterocycles. The molecule has 0 aromatic carbocycles. The fourth-order valence-corrected chi connectivity index (χ4v) is 2.81. The van der Waals surface area contributed by atoms with E-state index in [1.54, 1.807) is 0 Å². The van der Waals surface area contributed by atoms with Crippen molar-refractivity contribution in [2.45, 2.75) is 37.5 Å². The van der Waals surface area contributed by atoms with E-state index in [-0.39, 0.29) is 24.7 Å². The molecular formula is C18H28N2O3. The first-order valence-electron chi connectivity index (χ1n) is 8.24. The third-order valence-corrected chi connectivity index (χ3v) is 4.30. The second kappa shape index (κ2) is 9.03. The predicted molar refractivity (Wildman–Crippen MR) is 91.7 cm³/mol. The minimum atomic E-state index is -0.789. The largest absolute Gasteiger partial charge is 0.393 e. The van der Waals surface area contributed by atoms with E-state index in [0.29, 0.717) is 19.6 Å². The van der Waals surface area contributed by atoms with Gasteiger partial charge in [-0.25, -0.2) is 0 Å².